The van der Waals surface area contributed by atoms with E-state index >= 15 is 0 Å². The Balaban J connectivity index is -0.00000000167. The maximum atomic E-state index is 7.75. The van der Waals surface area contributed by atoms with Crippen LogP contribution in [0.1, 0.15) is 6.92 Å². The van der Waals surface area contributed by atoms with Gasteiger partial charge in [-0.25, -0.2) is 0 Å². The number of hydrogen-bond acceptors (Lipinski definition) is 1. The SMILES string of the molecule is [CH-]=O.[CH2-]C.[CH3-].[V].[W+2].[Y]. The summed E-state index contributed by atoms with van der Waals surface area (Å²) in [6.07, 6.45) is 0. The fourth-order valence-electron chi connectivity index (χ4n) is 0. The number of carbonyl (C=O) groups excluding carboxylic acids is 1. The van der Waals surface area contributed by atoms with Crippen molar-refractivity contribution in [1.29, 1.82) is 0 Å². The first-order valence-corrected chi connectivity index (χ1v) is 0.943. The third kappa shape index (κ3) is 95.4. The van der Waals surface area contributed by atoms with E-state index in [1.54, 1.807) is 6.92 Å². The molecule has 0 saturated carbocycles. The number of rotatable bonds is 0. The largest absolute Gasteiger partial charge is 2.00 e. The number of hydrogen-bond donors (Lipinski definition) is 0. The van der Waals surface area contributed by atoms with E-state index in [0.717, 1.165) is 0 Å². The molecule has 0 spiro atoms. The van der Waals surface area contributed by atoms with Crippen LogP contribution in [0, 0.1) is 14.4 Å². The summed E-state index contributed by atoms with van der Waals surface area (Å²) >= 11 is 0. The Morgan fingerprint density at radius 2 is 1.25 bits per heavy atom. The summed E-state index contributed by atoms with van der Waals surface area (Å²) in [5.41, 5.74) is 0. The Hall–Kier alpha value is 2.05. The zero-order valence-electron chi connectivity index (χ0n) is 5.13. The van der Waals surface area contributed by atoms with Gasteiger partial charge in [0.1, 0.15) is 0 Å². The molecule has 0 bridgehead atoms. The molecule has 46 valence electrons. The van der Waals surface area contributed by atoms with E-state index in [2.05, 4.69) is 13.7 Å². The topological polar surface area (TPSA) is 17.1 Å². The summed E-state index contributed by atoms with van der Waals surface area (Å²) in [4.78, 5) is 7.75. The van der Waals surface area contributed by atoms with Gasteiger partial charge in [0, 0.05) is 51.3 Å². The fourth-order valence-corrected chi connectivity index (χ4v) is 0. The van der Waals surface area contributed by atoms with Gasteiger partial charge in [-0.15, -0.1) is 0 Å². The second-order valence-corrected chi connectivity index (χ2v) is 0. The van der Waals surface area contributed by atoms with Gasteiger partial charge >= 0.3 is 21.1 Å². The molecule has 2 radical (unpaired) electrons. The quantitative estimate of drug-likeness (QED) is 0.441. The predicted octanol–water partition coefficient (Wildman–Crippen LogP) is 1.01. The van der Waals surface area contributed by atoms with E-state index in [1.165, 1.54) is 0 Å². The van der Waals surface area contributed by atoms with E-state index in [4.69, 9.17) is 4.79 Å². The minimum absolute atomic E-state index is 0. The molecule has 8 heavy (non-hydrogen) atoms. The van der Waals surface area contributed by atoms with Crippen LogP contribution in [0.2, 0.25) is 0 Å². The Bertz CT molecular complexity index is 16.0. The van der Waals surface area contributed by atoms with Gasteiger partial charge in [0.15, 0.2) is 0 Å². The summed E-state index contributed by atoms with van der Waals surface area (Å²) < 4.78 is 0. The normalized spacial score (nSPS) is 1.25. The Kier molecular flexibility index (Phi) is 878. The molecule has 0 aromatic carbocycles. The van der Waals surface area contributed by atoms with Crippen LogP contribution in [0.15, 0.2) is 0 Å². The van der Waals surface area contributed by atoms with Crippen molar-refractivity contribution in [3.05, 3.63) is 14.4 Å². The molecule has 0 saturated heterocycles. The van der Waals surface area contributed by atoms with Crippen LogP contribution in [0.5, 0.6) is 0 Å². The summed E-state index contributed by atoms with van der Waals surface area (Å²) in [6, 6.07) is 0. The molecule has 0 aliphatic carbocycles. The van der Waals surface area contributed by atoms with Gasteiger partial charge in [0.2, 0.25) is 0 Å². The van der Waals surface area contributed by atoms with Gasteiger partial charge in [-0.05, 0) is 0 Å². The van der Waals surface area contributed by atoms with Gasteiger partial charge in [0.25, 0.3) is 0 Å². The molecule has 4 heteroatoms. The minimum Gasteiger partial charge on any atom is -0.545 e. The van der Waals surface area contributed by atoms with Crippen molar-refractivity contribution in [1.82, 2.24) is 0 Å². The third-order valence-corrected chi connectivity index (χ3v) is 0. The molecule has 0 aliphatic rings. The minimum atomic E-state index is 0. The molecule has 0 atom stereocenters. The van der Waals surface area contributed by atoms with Gasteiger partial charge in [-0.2, -0.15) is 6.92 Å². The molecule has 0 unspecified atom stereocenters. The molecular weight excluding hydrogens is 388 g/mol. The Morgan fingerprint density at radius 1 is 1.25 bits per heavy atom. The average molecular weight is 397 g/mol. The van der Waals surface area contributed by atoms with Crippen molar-refractivity contribution < 1.29 is 77.1 Å². The van der Waals surface area contributed by atoms with Gasteiger partial charge < -0.3 is 19.1 Å². The first-order chi connectivity index (χ1) is 2.00. The zero-order chi connectivity index (χ0) is 4.00. The molecule has 0 aliphatic heterocycles. The van der Waals surface area contributed by atoms with Crippen molar-refractivity contribution in [2.45, 2.75) is 6.92 Å². The summed E-state index contributed by atoms with van der Waals surface area (Å²) in [6.45, 7) is 8.25. The van der Waals surface area contributed by atoms with Crippen molar-refractivity contribution in [3.63, 3.8) is 0 Å². The van der Waals surface area contributed by atoms with Gasteiger partial charge in [-0.1, -0.05) is 0 Å². The summed E-state index contributed by atoms with van der Waals surface area (Å²) in [7, 11) is 0. The molecule has 0 aromatic rings. The van der Waals surface area contributed by atoms with Crippen molar-refractivity contribution in [3.8, 4) is 0 Å². The smallest absolute Gasteiger partial charge is 0.545 e. The van der Waals surface area contributed by atoms with Crippen LogP contribution in [0.3, 0.4) is 0 Å². The van der Waals surface area contributed by atoms with E-state index < -0.39 is 0 Å². The molecule has 0 amide bonds. The van der Waals surface area contributed by atoms with E-state index in [1.807, 2.05) is 0 Å². The maximum Gasteiger partial charge on any atom is 2.00 e. The molecule has 0 fully saturated rings. The van der Waals surface area contributed by atoms with Crippen LogP contribution in [-0.4, -0.2) is 6.79 Å². The first-order valence-electron chi connectivity index (χ1n) is 0.943. The summed E-state index contributed by atoms with van der Waals surface area (Å²) in [5, 5.41) is 0. The average Bonchev–Trinajstić information content (AvgIpc) is 1.50. The second-order valence-electron chi connectivity index (χ2n) is 0. The van der Waals surface area contributed by atoms with Crippen LogP contribution in [0.4, 0.5) is 0 Å². The molecule has 0 N–H and O–H groups in total. The monoisotopic (exact) mass is 397 g/mol. The molecular formula is C4H9OVWY-. The third-order valence-electron chi connectivity index (χ3n) is 0. The van der Waals surface area contributed by atoms with Gasteiger partial charge in [-0.3, -0.25) is 6.79 Å². The zero-order valence-corrected chi connectivity index (χ0v) is 12.3. The second kappa shape index (κ2) is 140. The van der Waals surface area contributed by atoms with Crippen molar-refractivity contribution in [2.75, 3.05) is 0 Å². The van der Waals surface area contributed by atoms with Crippen molar-refractivity contribution in [2.24, 2.45) is 0 Å². The fraction of sp³-hybridized carbons (Fsp3) is 0.250. The van der Waals surface area contributed by atoms with Crippen LogP contribution in [0.25, 0.3) is 0 Å². The standard InChI is InChI=1S/C2H5.CHO.CH3.V.W.Y/c2*1-2;;;;/h1H2,2H3;1H;1H3;;;/q3*-1;;+2;. The molecule has 0 rings (SSSR count). The van der Waals surface area contributed by atoms with E-state index in [9.17, 15) is 0 Å². The van der Waals surface area contributed by atoms with Crippen molar-refractivity contribution >= 4 is 6.79 Å². The first kappa shape index (κ1) is 50.2. The molecule has 1 nitrogen and oxygen atoms in total. The van der Waals surface area contributed by atoms with Crippen LogP contribution >= 0.6 is 0 Å². The predicted molar refractivity (Wildman–Crippen MR) is 24.2 cm³/mol. The van der Waals surface area contributed by atoms with E-state index in [-0.39, 0.29) is 79.8 Å². The van der Waals surface area contributed by atoms with Crippen LogP contribution < -0.4 is 0 Å². The molecule has 0 aromatic heterocycles. The molecule has 0 heterocycles. The Labute approximate surface area is 104 Å². The summed E-state index contributed by atoms with van der Waals surface area (Å²) in [5.74, 6) is 0. The van der Waals surface area contributed by atoms with Gasteiger partial charge in [0.05, 0.1) is 0 Å². The van der Waals surface area contributed by atoms with Crippen LogP contribution in [-0.2, 0) is 77.1 Å². The maximum absolute atomic E-state index is 7.75. The van der Waals surface area contributed by atoms with E-state index in [0.29, 0.717) is 0 Å². The Morgan fingerprint density at radius 3 is 1.25 bits per heavy atom.